The molecule has 0 saturated carbocycles. The minimum atomic E-state index is -0.0344. The van der Waals surface area contributed by atoms with Crippen LogP contribution in [0.2, 0.25) is 0 Å². The lowest BCUT2D eigenvalue weighted by Gasteiger charge is -2.29. The molecule has 3 heterocycles. The summed E-state index contributed by atoms with van der Waals surface area (Å²) in [4.78, 5) is 12.0. The molecule has 2 aliphatic rings. The lowest BCUT2D eigenvalue weighted by molar-refractivity contribution is 0.305. The molecule has 2 aromatic rings. The number of aliphatic imine (C=N–C) groups is 1. The highest BCUT2D eigenvalue weighted by atomic mass is 32.2. The lowest BCUT2D eigenvalue weighted by Crippen LogP contribution is -2.29. The summed E-state index contributed by atoms with van der Waals surface area (Å²) in [5.74, 6) is 1.71. The highest BCUT2D eigenvalue weighted by Crippen LogP contribution is 2.50. The second kappa shape index (κ2) is 6.83. The summed E-state index contributed by atoms with van der Waals surface area (Å²) in [7, 11) is 3.41. The van der Waals surface area contributed by atoms with Crippen molar-refractivity contribution in [2.24, 2.45) is 4.99 Å². The Balaban J connectivity index is 1.84. The summed E-state index contributed by atoms with van der Waals surface area (Å²) in [6.45, 7) is 5.26. The second-order valence-electron chi connectivity index (χ2n) is 6.65. The molecule has 1 aromatic heterocycles. The number of thioether (sulfide) groups is 1. The first-order chi connectivity index (χ1) is 12.6. The largest absolute Gasteiger partial charge is 0.496 e. The van der Waals surface area contributed by atoms with E-state index in [-0.39, 0.29) is 12.1 Å². The zero-order valence-corrected chi connectivity index (χ0v) is 16.3. The summed E-state index contributed by atoms with van der Waals surface area (Å²) in [5, 5.41) is 1.64. The molecular weight excluding hydrogens is 346 g/mol. The maximum atomic E-state index is 5.81. The van der Waals surface area contributed by atoms with Crippen molar-refractivity contribution in [2.45, 2.75) is 31.2 Å². The van der Waals surface area contributed by atoms with Crippen LogP contribution in [0.1, 0.15) is 35.8 Å². The smallest absolute Gasteiger partial charge is 0.160 e. The van der Waals surface area contributed by atoms with Crippen LogP contribution in [0.4, 0.5) is 0 Å². The molecule has 1 fully saturated rings. The van der Waals surface area contributed by atoms with Crippen molar-refractivity contribution in [3.63, 3.8) is 0 Å². The number of rotatable bonds is 4. The summed E-state index contributed by atoms with van der Waals surface area (Å²) in [6, 6.07) is 10.2. The fourth-order valence-corrected chi connectivity index (χ4v) is 4.97. The van der Waals surface area contributed by atoms with E-state index in [2.05, 4.69) is 28.9 Å². The molecule has 0 unspecified atom stereocenters. The van der Waals surface area contributed by atoms with Crippen molar-refractivity contribution in [1.29, 1.82) is 0 Å². The first-order valence-corrected chi connectivity index (χ1v) is 9.65. The van der Waals surface area contributed by atoms with Crippen molar-refractivity contribution >= 4 is 16.9 Å². The Hall–Kier alpha value is -2.21. The van der Waals surface area contributed by atoms with Gasteiger partial charge in [-0.2, -0.15) is 0 Å². The monoisotopic (exact) mass is 369 g/mol. The van der Waals surface area contributed by atoms with Crippen molar-refractivity contribution in [1.82, 2.24) is 9.88 Å². The summed E-state index contributed by atoms with van der Waals surface area (Å²) in [6.07, 6.45) is 1.84. The number of hydrogen-bond acceptors (Lipinski definition) is 6. The Morgan fingerprint density at radius 3 is 2.69 bits per heavy atom. The highest BCUT2D eigenvalue weighted by Gasteiger charge is 2.44. The van der Waals surface area contributed by atoms with Gasteiger partial charge in [-0.25, -0.2) is 0 Å². The second-order valence-corrected chi connectivity index (χ2v) is 8.06. The zero-order chi connectivity index (χ0) is 18.3. The molecule has 0 radical (unpaired) electrons. The molecule has 6 heteroatoms. The molecule has 3 atom stereocenters. The van der Waals surface area contributed by atoms with Gasteiger partial charge in [0, 0.05) is 29.1 Å². The van der Waals surface area contributed by atoms with Gasteiger partial charge in [-0.3, -0.25) is 9.98 Å². The molecule has 1 aromatic carbocycles. The van der Waals surface area contributed by atoms with Crippen molar-refractivity contribution in [2.75, 3.05) is 20.8 Å². The van der Waals surface area contributed by atoms with Gasteiger partial charge in [0.2, 0.25) is 0 Å². The number of ether oxygens (including phenoxy) is 2. The van der Waals surface area contributed by atoms with Crippen LogP contribution < -0.4 is 9.47 Å². The van der Waals surface area contributed by atoms with Crippen LogP contribution in [-0.4, -0.2) is 41.1 Å². The van der Waals surface area contributed by atoms with Gasteiger partial charge in [0.1, 0.15) is 17.5 Å². The van der Waals surface area contributed by atoms with Crippen LogP contribution in [-0.2, 0) is 0 Å². The van der Waals surface area contributed by atoms with Crippen LogP contribution in [0, 0.1) is 6.92 Å². The molecule has 1 saturated heterocycles. The third-order valence-corrected chi connectivity index (χ3v) is 6.11. The van der Waals surface area contributed by atoms with E-state index in [0.29, 0.717) is 5.25 Å². The molecule has 2 aliphatic heterocycles. The fourth-order valence-electron chi connectivity index (χ4n) is 3.87. The number of aromatic nitrogens is 1. The molecule has 0 N–H and O–H groups in total. The van der Waals surface area contributed by atoms with Gasteiger partial charge in [0.05, 0.1) is 26.0 Å². The molecular formula is C20H23N3O2S. The fraction of sp³-hybridized carbons (Fsp3) is 0.400. The number of fused-ring (bicyclic) bond motifs is 1. The first-order valence-electron chi connectivity index (χ1n) is 8.77. The predicted octanol–water partition coefficient (Wildman–Crippen LogP) is 4.00. The topological polar surface area (TPSA) is 47.0 Å². The van der Waals surface area contributed by atoms with E-state index >= 15 is 0 Å². The first kappa shape index (κ1) is 17.2. The van der Waals surface area contributed by atoms with E-state index in [1.54, 1.807) is 14.2 Å². The Morgan fingerprint density at radius 2 is 2.00 bits per heavy atom. The van der Waals surface area contributed by atoms with Crippen LogP contribution in [0.5, 0.6) is 11.5 Å². The summed E-state index contributed by atoms with van der Waals surface area (Å²) < 4.78 is 11.3. The van der Waals surface area contributed by atoms with E-state index in [9.17, 15) is 0 Å². The van der Waals surface area contributed by atoms with E-state index in [1.807, 2.05) is 43.1 Å². The average molecular weight is 369 g/mol. The SMILES string of the molecule is COc1ccc([C@@H]2[C@@H](c3ccccn3)N=C3S[C@@H](C)CN32)c(OC)c1C. The number of benzene rings is 1. The predicted molar refractivity (Wildman–Crippen MR) is 105 cm³/mol. The molecule has 0 bridgehead atoms. The standard InChI is InChI=1S/C20H23N3O2S/c1-12-11-23-18(14-8-9-16(24-3)13(2)19(14)25-4)17(22-20(23)26-12)15-7-5-6-10-21-15/h5-10,12,17-18H,11H2,1-4H3/t12-,17+,18+/m0/s1. The average Bonchev–Trinajstić information content (AvgIpc) is 3.18. The van der Waals surface area contributed by atoms with Gasteiger partial charge in [-0.05, 0) is 31.2 Å². The molecule has 0 spiro atoms. The van der Waals surface area contributed by atoms with Crippen molar-refractivity contribution in [3.05, 3.63) is 53.3 Å². The van der Waals surface area contributed by atoms with Crippen LogP contribution in [0.25, 0.3) is 0 Å². The number of pyridine rings is 1. The van der Waals surface area contributed by atoms with Gasteiger partial charge < -0.3 is 14.4 Å². The summed E-state index contributed by atoms with van der Waals surface area (Å²) in [5.41, 5.74) is 3.14. The van der Waals surface area contributed by atoms with E-state index < -0.39 is 0 Å². The Kier molecular flexibility index (Phi) is 4.53. The molecule has 0 aliphatic carbocycles. The molecule has 5 nitrogen and oxygen atoms in total. The molecule has 136 valence electrons. The van der Waals surface area contributed by atoms with Gasteiger partial charge in [0.15, 0.2) is 5.17 Å². The van der Waals surface area contributed by atoms with Crippen LogP contribution in [0.15, 0.2) is 41.5 Å². The van der Waals surface area contributed by atoms with Crippen molar-refractivity contribution < 1.29 is 9.47 Å². The quantitative estimate of drug-likeness (QED) is 0.815. The summed E-state index contributed by atoms with van der Waals surface area (Å²) >= 11 is 1.84. The van der Waals surface area contributed by atoms with Gasteiger partial charge in [-0.1, -0.05) is 24.8 Å². The highest BCUT2D eigenvalue weighted by molar-refractivity contribution is 8.14. The van der Waals surface area contributed by atoms with Crippen LogP contribution in [0.3, 0.4) is 0 Å². The van der Waals surface area contributed by atoms with Gasteiger partial charge >= 0.3 is 0 Å². The van der Waals surface area contributed by atoms with E-state index in [0.717, 1.165) is 40.0 Å². The molecule has 0 amide bonds. The number of hydrogen-bond donors (Lipinski definition) is 0. The van der Waals surface area contributed by atoms with E-state index in [4.69, 9.17) is 14.5 Å². The molecule has 26 heavy (non-hydrogen) atoms. The minimum absolute atomic E-state index is 0.0344. The zero-order valence-electron chi connectivity index (χ0n) is 15.5. The Labute approximate surface area is 158 Å². The Bertz CT molecular complexity index is 840. The molecule has 4 rings (SSSR count). The Morgan fingerprint density at radius 1 is 1.15 bits per heavy atom. The minimum Gasteiger partial charge on any atom is -0.496 e. The van der Waals surface area contributed by atoms with Crippen molar-refractivity contribution in [3.8, 4) is 11.5 Å². The number of amidine groups is 1. The number of methoxy groups -OCH3 is 2. The lowest BCUT2D eigenvalue weighted by atomic mass is 9.93. The normalized spacial score (nSPS) is 24.4. The maximum Gasteiger partial charge on any atom is 0.160 e. The number of nitrogens with zero attached hydrogens (tertiary/aromatic N) is 3. The maximum absolute atomic E-state index is 5.81. The van der Waals surface area contributed by atoms with Crippen LogP contribution >= 0.6 is 11.8 Å². The van der Waals surface area contributed by atoms with E-state index in [1.165, 1.54) is 0 Å². The van der Waals surface area contributed by atoms with Gasteiger partial charge in [0.25, 0.3) is 0 Å². The third-order valence-electron chi connectivity index (χ3n) is 5.01. The third kappa shape index (κ3) is 2.72. The van der Waals surface area contributed by atoms with Gasteiger partial charge in [-0.15, -0.1) is 0 Å².